The largest absolute Gasteiger partial charge is 0.416 e. The molecule has 35 heavy (non-hydrogen) atoms. The van der Waals surface area contributed by atoms with E-state index in [4.69, 9.17) is 0 Å². The monoisotopic (exact) mass is 490 g/mol. The van der Waals surface area contributed by atoms with Crippen LogP contribution in [0.5, 0.6) is 0 Å². The van der Waals surface area contributed by atoms with E-state index in [0.29, 0.717) is 12.0 Å². The molecule has 2 heterocycles. The summed E-state index contributed by atoms with van der Waals surface area (Å²) in [4.78, 5) is 29.1. The van der Waals surface area contributed by atoms with Crippen molar-refractivity contribution < 1.29 is 22.8 Å². The van der Waals surface area contributed by atoms with Gasteiger partial charge in [0.05, 0.1) is 18.2 Å². The second-order valence-electron chi connectivity index (χ2n) is 9.60. The number of benzene rings is 1. The van der Waals surface area contributed by atoms with Crippen LogP contribution in [0, 0.1) is 5.92 Å². The topological polar surface area (TPSA) is 64.7 Å². The summed E-state index contributed by atoms with van der Waals surface area (Å²) in [7, 11) is 0. The number of allylic oxidation sites excluding steroid dienone is 2. The highest BCUT2D eigenvalue weighted by atomic mass is 19.4. The maximum Gasteiger partial charge on any atom is 0.416 e. The third kappa shape index (κ3) is 6.45. The summed E-state index contributed by atoms with van der Waals surface area (Å²) in [5.74, 6) is -0.424. The van der Waals surface area contributed by atoms with Crippen LogP contribution in [0.4, 0.5) is 13.2 Å². The summed E-state index contributed by atoms with van der Waals surface area (Å²) in [5.41, 5.74) is 0.422. The molecule has 6 nitrogen and oxygen atoms in total. The zero-order chi connectivity index (χ0) is 25.0. The lowest BCUT2D eigenvalue weighted by atomic mass is 9.79. The number of carbonyl (C=O) groups is 2. The van der Waals surface area contributed by atoms with Crippen LogP contribution in [-0.2, 0) is 11.0 Å². The predicted octanol–water partition coefficient (Wildman–Crippen LogP) is 3.57. The minimum atomic E-state index is -4.52. The first kappa shape index (κ1) is 25.3. The van der Waals surface area contributed by atoms with E-state index in [1.54, 1.807) is 0 Å². The fraction of sp³-hybridized carbons (Fsp3) is 0.538. The number of likely N-dealkylation sites (N-methyl/N-ethyl adjacent to an activating group) is 1. The molecule has 0 radical (unpaired) electrons. The molecule has 0 bridgehead atoms. The fourth-order valence-corrected chi connectivity index (χ4v) is 5.15. The van der Waals surface area contributed by atoms with Crippen molar-refractivity contribution in [1.29, 1.82) is 0 Å². The summed E-state index contributed by atoms with van der Waals surface area (Å²) < 4.78 is 38.5. The number of rotatable bonds is 7. The Morgan fingerprint density at radius 1 is 1.11 bits per heavy atom. The molecule has 9 heteroatoms. The number of carbonyl (C=O) groups excluding carboxylic acids is 2. The molecular weight excluding hydrogens is 457 g/mol. The van der Waals surface area contributed by atoms with Gasteiger partial charge >= 0.3 is 6.18 Å². The minimum Gasteiger partial charge on any atom is -0.374 e. The number of halogens is 3. The lowest BCUT2D eigenvalue weighted by Gasteiger charge is -2.47. The number of alkyl halides is 3. The first-order valence-corrected chi connectivity index (χ1v) is 12.3. The highest BCUT2D eigenvalue weighted by molar-refractivity contribution is 5.96. The Bertz CT molecular complexity index is 977. The predicted molar refractivity (Wildman–Crippen MR) is 127 cm³/mol. The lowest BCUT2D eigenvalue weighted by Crippen LogP contribution is -2.63. The van der Waals surface area contributed by atoms with Crippen LogP contribution in [0.2, 0.25) is 0 Å². The zero-order valence-electron chi connectivity index (χ0n) is 20.0. The molecule has 1 aliphatic carbocycles. The average molecular weight is 491 g/mol. The molecule has 190 valence electrons. The fourth-order valence-electron chi connectivity index (χ4n) is 5.15. The summed E-state index contributed by atoms with van der Waals surface area (Å²) in [5, 5.41) is 5.30. The van der Waals surface area contributed by atoms with Crippen molar-refractivity contribution in [2.24, 2.45) is 5.92 Å². The molecule has 0 atom stereocenters. The van der Waals surface area contributed by atoms with Gasteiger partial charge in [0.25, 0.3) is 5.91 Å². The molecule has 0 spiro atoms. The molecule has 0 unspecified atom stereocenters. The molecular formula is C26H33F3N4O2. The van der Waals surface area contributed by atoms with Crippen LogP contribution in [0.25, 0.3) is 0 Å². The van der Waals surface area contributed by atoms with Crippen molar-refractivity contribution in [3.8, 4) is 0 Å². The maximum atomic E-state index is 12.8. The van der Waals surface area contributed by atoms with Crippen molar-refractivity contribution >= 4 is 11.8 Å². The van der Waals surface area contributed by atoms with E-state index in [-0.39, 0.29) is 24.1 Å². The number of amides is 2. The number of nitrogens with one attached hydrogen (secondary N) is 2. The first-order valence-electron chi connectivity index (χ1n) is 12.3. The molecule has 1 saturated carbocycles. The molecule has 2 amide bonds. The van der Waals surface area contributed by atoms with E-state index < -0.39 is 17.6 Å². The van der Waals surface area contributed by atoms with E-state index >= 15 is 0 Å². The number of nitrogens with zero attached hydrogens (tertiary/aromatic N) is 2. The molecule has 0 aromatic heterocycles. The third-order valence-electron chi connectivity index (χ3n) is 7.21. The van der Waals surface area contributed by atoms with Gasteiger partial charge < -0.3 is 15.5 Å². The summed E-state index contributed by atoms with van der Waals surface area (Å²) in [6.07, 6.45) is 6.95. The van der Waals surface area contributed by atoms with Gasteiger partial charge in [-0.05, 0) is 62.3 Å². The molecule has 1 aromatic carbocycles. The smallest absolute Gasteiger partial charge is 0.374 e. The summed E-state index contributed by atoms with van der Waals surface area (Å²) in [6, 6.07) is 4.73. The van der Waals surface area contributed by atoms with E-state index in [0.717, 1.165) is 51.2 Å². The molecule has 2 N–H and O–H groups in total. The molecule has 2 aliphatic heterocycles. The number of likely N-dealkylation sites (tertiary alicyclic amines) is 1. The van der Waals surface area contributed by atoms with Crippen molar-refractivity contribution in [3.63, 3.8) is 0 Å². The molecule has 4 rings (SSSR count). The van der Waals surface area contributed by atoms with Crippen LogP contribution in [0.1, 0.15) is 48.5 Å². The normalized spacial score (nSPS) is 23.4. The Hall–Kier alpha value is -2.81. The van der Waals surface area contributed by atoms with E-state index in [2.05, 4.69) is 45.7 Å². The quantitative estimate of drug-likeness (QED) is 0.614. The maximum absolute atomic E-state index is 12.8. The van der Waals surface area contributed by atoms with E-state index in [9.17, 15) is 22.8 Å². The SMILES string of the molecule is CCN1C=C(C2CCC(N3CC(NC(=O)CNC(=O)c4cccc(C(F)(F)F)c4)C3)CC2)C=CC1. The van der Waals surface area contributed by atoms with E-state index in [1.807, 2.05) is 0 Å². The highest BCUT2D eigenvalue weighted by Gasteiger charge is 2.36. The Labute approximate surface area is 204 Å². The number of hydrogen-bond donors (Lipinski definition) is 2. The van der Waals surface area contributed by atoms with Gasteiger partial charge in [-0.2, -0.15) is 13.2 Å². The second kappa shape index (κ2) is 10.8. The summed E-state index contributed by atoms with van der Waals surface area (Å²) in [6.45, 7) is 5.50. The molecule has 1 saturated heterocycles. The van der Waals surface area contributed by atoms with Gasteiger partial charge in [0.2, 0.25) is 5.91 Å². The van der Waals surface area contributed by atoms with E-state index in [1.165, 1.54) is 30.5 Å². The standard InChI is InChI=1S/C26H33F3N4O2/c1-2-32-12-4-6-20(15-32)18-8-10-23(11-9-18)33-16-22(17-33)31-24(34)14-30-25(35)19-5-3-7-21(13-19)26(27,28)29/h3-7,13,15,18,22-23H,2,8-12,14,16-17H2,1H3,(H,30,35)(H,31,34). The van der Waals surface area contributed by atoms with Crippen LogP contribution >= 0.6 is 0 Å². The Morgan fingerprint density at radius 3 is 2.54 bits per heavy atom. The van der Waals surface area contributed by atoms with Crippen LogP contribution in [0.3, 0.4) is 0 Å². The Balaban J connectivity index is 1.15. The summed E-state index contributed by atoms with van der Waals surface area (Å²) >= 11 is 0. The van der Waals surface area contributed by atoms with Crippen LogP contribution in [-0.4, -0.2) is 66.4 Å². The van der Waals surface area contributed by atoms with Gasteiger partial charge in [-0.15, -0.1) is 0 Å². The number of hydrogen-bond acceptors (Lipinski definition) is 4. The van der Waals surface area contributed by atoms with Gasteiger partial charge in [-0.25, -0.2) is 0 Å². The van der Waals surface area contributed by atoms with Gasteiger partial charge in [-0.3, -0.25) is 14.5 Å². The third-order valence-corrected chi connectivity index (χ3v) is 7.21. The minimum absolute atomic E-state index is 0.0350. The van der Waals surface area contributed by atoms with Crippen molar-refractivity contribution in [2.75, 3.05) is 32.7 Å². The first-order chi connectivity index (χ1) is 16.7. The van der Waals surface area contributed by atoms with Crippen molar-refractivity contribution in [2.45, 2.75) is 50.9 Å². The van der Waals surface area contributed by atoms with Crippen molar-refractivity contribution in [3.05, 3.63) is 59.3 Å². The molecule has 1 aromatic rings. The van der Waals surface area contributed by atoms with Gasteiger partial charge in [0.15, 0.2) is 0 Å². The zero-order valence-corrected chi connectivity index (χ0v) is 20.0. The average Bonchev–Trinajstić information content (AvgIpc) is 2.84. The highest BCUT2D eigenvalue weighted by Crippen LogP contribution is 2.35. The second-order valence-corrected chi connectivity index (χ2v) is 9.60. The molecule has 2 fully saturated rings. The van der Waals surface area contributed by atoms with Gasteiger partial charge in [0.1, 0.15) is 0 Å². The van der Waals surface area contributed by atoms with Gasteiger partial charge in [0, 0.05) is 44.0 Å². The lowest BCUT2D eigenvalue weighted by molar-refractivity contribution is -0.137. The van der Waals surface area contributed by atoms with Gasteiger partial charge in [-0.1, -0.05) is 18.2 Å². The Kier molecular flexibility index (Phi) is 7.84. The Morgan fingerprint density at radius 2 is 1.86 bits per heavy atom. The molecule has 3 aliphatic rings. The van der Waals surface area contributed by atoms with Crippen LogP contribution < -0.4 is 10.6 Å². The van der Waals surface area contributed by atoms with Crippen molar-refractivity contribution in [1.82, 2.24) is 20.4 Å². The van der Waals surface area contributed by atoms with Crippen LogP contribution in [0.15, 0.2) is 48.2 Å².